The van der Waals surface area contributed by atoms with Gasteiger partial charge in [-0.05, 0) is 35.9 Å². The molecule has 0 aliphatic carbocycles. The minimum Gasteiger partial charge on any atom is -0.398 e. The van der Waals surface area contributed by atoms with Crippen LogP contribution in [0.5, 0.6) is 0 Å². The van der Waals surface area contributed by atoms with Gasteiger partial charge in [-0.3, -0.25) is 10.1 Å². The molecular formula is C24H25N9. The summed E-state index contributed by atoms with van der Waals surface area (Å²) < 4.78 is 1.76. The summed E-state index contributed by atoms with van der Waals surface area (Å²) in [6.45, 7) is 3.35. The summed E-state index contributed by atoms with van der Waals surface area (Å²) >= 11 is 0. The number of hydrogen-bond donors (Lipinski definition) is 2. The molecule has 0 atom stereocenters. The molecule has 4 heterocycles. The van der Waals surface area contributed by atoms with Gasteiger partial charge in [-0.1, -0.05) is 6.07 Å². The fraction of sp³-hybridized carbons (Fsp3) is 0.208. The van der Waals surface area contributed by atoms with Gasteiger partial charge in [0, 0.05) is 74.2 Å². The van der Waals surface area contributed by atoms with Crippen molar-refractivity contribution in [1.29, 1.82) is 5.41 Å². The van der Waals surface area contributed by atoms with E-state index in [-0.39, 0.29) is 0 Å². The summed E-state index contributed by atoms with van der Waals surface area (Å²) in [6, 6.07) is 11.5. The topological polar surface area (TPSA) is 113 Å². The predicted molar refractivity (Wildman–Crippen MR) is 130 cm³/mol. The third kappa shape index (κ3) is 4.25. The van der Waals surface area contributed by atoms with Gasteiger partial charge in [0.25, 0.3) is 0 Å². The van der Waals surface area contributed by atoms with Crippen molar-refractivity contribution in [3.63, 3.8) is 0 Å². The largest absolute Gasteiger partial charge is 0.398 e. The molecule has 5 rings (SSSR count). The van der Waals surface area contributed by atoms with Gasteiger partial charge in [-0.15, -0.1) is 0 Å². The average Bonchev–Trinajstić information content (AvgIpc) is 3.31. The van der Waals surface area contributed by atoms with Gasteiger partial charge in [0.05, 0.1) is 11.9 Å². The number of aromatic nitrogens is 5. The second-order valence-corrected chi connectivity index (χ2v) is 8.02. The van der Waals surface area contributed by atoms with Crippen molar-refractivity contribution in [2.75, 3.05) is 41.7 Å². The van der Waals surface area contributed by atoms with Crippen molar-refractivity contribution in [2.24, 2.45) is 7.05 Å². The molecule has 1 saturated heterocycles. The van der Waals surface area contributed by atoms with E-state index in [1.807, 2.05) is 55.8 Å². The van der Waals surface area contributed by atoms with E-state index in [9.17, 15) is 0 Å². The first-order valence-electron chi connectivity index (χ1n) is 10.8. The zero-order chi connectivity index (χ0) is 22.8. The Kier molecular flexibility index (Phi) is 5.43. The van der Waals surface area contributed by atoms with Gasteiger partial charge in [0.1, 0.15) is 18.0 Å². The normalized spacial score (nSPS) is 13.8. The molecule has 1 aromatic carbocycles. The lowest BCUT2D eigenvalue weighted by atomic mass is 9.97. The SMILES string of the molecule is Cn1cc(-c2ccc(N)c(C(=N)c3ccnc(N4CCN(c5ccncn5)CC4)c3)c2)cn1. The minimum atomic E-state index is 0.376. The third-order valence-electron chi connectivity index (χ3n) is 5.89. The van der Waals surface area contributed by atoms with E-state index in [1.165, 1.54) is 0 Å². The number of anilines is 3. The van der Waals surface area contributed by atoms with Crippen molar-refractivity contribution in [3.05, 3.63) is 78.6 Å². The quantitative estimate of drug-likeness (QED) is 0.363. The Labute approximate surface area is 192 Å². The smallest absolute Gasteiger partial charge is 0.132 e. The van der Waals surface area contributed by atoms with Crippen molar-refractivity contribution in [1.82, 2.24) is 24.7 Å². The van der Waals surface area contributed by atoms with E-state index in [0.717, 1.165) is 54.5 Å². The van der Waals surface area contributed by atoms with E-state index in [2.05, 4.69) is 29.9 Å². The molecule has 9 nitrogen and oxygen atoms in total. The van der Waals surface area contributed by atoms with Crippen LogP contribution < -0.4 is 15.5 Å². The van der Waals surface area contributed by atoms with Gasteiger partial charge < -0.3 is 15.5 Å². The third-order valence-corrected chi connectivity index (χ3v) is 5.89. The first kappa shape index (κ1) is 20.6. The first-order valence-corrected chi connectivity index (χ1v) is 10.8. The van der Waals surface area contributed by atoms with Crippen LogP contribution >= 0.6 is 0 Å². The molecule has 0 radical (unpaired) electrons. The Balaban J connectivity index is 1.35. The molecule has 0 bridgehead atoms. The van der Waals surface area contributed by atoms with Gasteiger partial charge >= 0.3 is 0 Å². The molecule has 0 amide bonds. The number of benzene rings is 1. The lowest BCUT2D eigenvalue weighted by Gasteiger charge is -2.36. The Bertz CT molecular complexity index is 1270. The van der Waals surface area contributed by atoms with Gasteiger partial charge in [-0.25, -0.2) is 15.0 Å². The Morgan fingerprint density at radius 2 is 1.70 bits per heavy atom. The van der Waals surface area contributed by atoms with Crippen LogP contribution in [0.3, 0.4) is 0 Å². The fourth-order valence-corrected chi connectivity index (χ4v) is 4.06. The van der Waals surface area contributed by atoms with E-state index in [4.69, 9.17) is 11.1 Å². The number of hydrogen-bond acceptors (Lipinski definition) is 8. The summed E-state index contributed by atoms with van der Waals surface area (Å²) in [4.78, 5) is 17.4. The van der Waals surface area contributed by atoms with Crippen LogP contribution in [0.25, 0.3) is 11.1 Å². The average molecular weight is 440 g/mol. The summed E-state index contributed by atoms with van der Waals surface area (Å²) in [5.74, 6) is 1.80. The highest BCUT2D eigenvalue weighted by atomic mass is 15.3. The fourth-order valence-electron chi connectivity index (χ4n) is 4.06. The number of aryl methyl sites for hydroxylation is 1. The Morgan fingerprint density at radius 1 is 0.909 bits per heavy atom. The number of nitrogens with zero attached hydrogens (tertiary/aromatic N) is 7. The highest BCUT2D eigenvalue weighted by Gasteiger charge is 2.20. The van der Waals surface area contributed by atoms with Crippen LogP contribution in [-0.4, -0.2) is 56.6 Å². The maximum atomic E-state index is 8.86. The van der Waals surface area contributed by atoms with Crippen LogP contribution in [-0.2, 0) is 7.05 Å². The van der Waals surface area contributed by atoms with Crippen molar-refractivity contribution >= 4 is 23.0 Å². The molecule has 166 valence electrons. The molecule has 1 fully saturated rings. The molecule has 0 saturated carbocycles. The second kappa shape index (κ2) is 8.70. The monoisotopic (exact) mass is 439 g/mol. The van der Waals surface area contributed by atoms with Gasteiger partial charge in [0.2, 0.25) is 0 Å². The van der Waals surface area contributed by atoms with E-state index in [1.54, 1.807) is 23.4 Å². The highest BCUT2D eigenvalue weighted by Crippen LogP contribution is 2.26. The second-order valence-electron chi connectivity index (χ2n) is 8.02. The lowest BCUT2D eigenvalue weighted by molar-refractivity contribution is 0.641. The maximum Gasteiger partial charge on any atom is 0.132 e. The number of piperazine rings is 1. The number of nitrogens with one attached hydrogen (secondary N) is 1. The van der Waals surface area contributed by atoms with Crippen LogP contribution in [0, 0.1) is 5.41 Å². The first-order chi connectivity index (χ1) is 16.1. The summed E-state index contributed by atoms with van der Waals surface area (Å²) in [5.41, 5.74) is 10.7. The molecule has 3 N–H and O–H groups in total. The predicted octanol–water partition coefficient (Wildman–Crippen LogP) is 2.60. The molecule has 1 aliphatic rings. The molecule has 33 heavy (non-hydrogen) atoms. The van der Waals surface area contributed by atoms with Crippen LogP contribution in [0.2, 0.25) is 0 Å². The lowest BCUT2D eigenvalue weighted by Crippen LogP contribution is -2.47. The van der Waals surface area contributed by atoms with E-state index >= 15 is 0 Å². The van der Waals surface area contributed by atoms with Crippen molar-refractivity contribution in [3.8, 4) is 11.1 Å². The summed E-state index contributed by atoms with van der Waals surface area (Å²) in [5, 5.41) is 13.1. The van der Waals surface area contributed by atoms with E-state index < -0.39 is 0 Å². The van der Waals surface area contributed by atoms with Crippen molar-refractivity contribution < 1.29 is 0 Å². The number of rotatable bonds is 5. The molecule has 9 heteroatoms. The zero-order valence-corrected chi connectivity index (χ0v) is 18.4. The molecule has 1 aliphatic heterocycles. The van der Waals surface area contributed by atoms with Crippen LogP contribution in [0.1, 0.15) is 11.1 Å². The van der Waals surface area contributed by atoms with Crippen LogP contribution in [0.15, 0.2) is 67.5 Å². The maximum absolute atomic E-state index is 8.86. The molecule has 4 aromatic rings. The summed E-state index contributed by atoms with van der Waals surface area (Å²) in [6.07, 6.45) is 8.86. The van der Waals surface area contributed by atoms with Crippen molar-refractivity contribution in [2.45, 2.75) is 0 Å². The Morgan fingerprint density at radius 3 is 2.39 bits per heavy atom. The minimum absolute atomic E-state index is 0.376. The van der Waals surface area contributed by atoms with Crippen LogP contribution in [0.4, 0.5) is 17.3 Å². The molecule has 3 aromatic heterocycles. The molecule has 0 spiro atoms. The van der Waals surface area contributed by atoms with Gasteiger partial charge in [0.15, 0.2) is 0 Å². The zero-order valence-electron chi connectivity index (χ0n) is 18.4. The number of nitrogens with two attached hydrogens (primary N) is 1. The van der Waals surface area contributed by atoms with E-state index in [0.29, 0.717) is 17.0 Å². The number of nitrogen functional groups attached to an aromatic ring is 1. The Hall–Kier alpha value is -4.27. The molecule has 0 unspecified atom stereocenters. The highest BCUT2D eigenvalue weighted by molar-refractivity contribution is 6.14. The number of pyridine rings is 1. The standard InChI is InChI=1S/C24H25N9/c1-31-15-19(14-30-31)17-2-3-21(25)20(12-17)24(26)18-4-7-28-23(13-18)33-10-8-32(9-11-33)22-5-6-27-16-29-22/h2-7,12-16,26H,8-11,25H2,1H3. The molecular weight excluding hydrogens is 414 g/mol. The van der Waals surface area contributed by atoms with Gasteiger partial charge in [-0.2, -0.15) is 5.10 Å². The summed E-state index contributed by atoms with van der Waals surface area (Å²) in [7, 11) is 1.88.